The van der Waals surface area contributed by atoms with Gasteiger partial charge in [-0.15, -0.1) is 0 Å². The highest BCUT2D eigenvalue weighted by Gasteiger charge is 2.58. The molecule has 2 unspecified atom stereocenters. The van der Waals surface area contributed by atoms with Crippen molar-refractivity contribution in [3.8, 4) is 0 Å². The molecule has 0 aliphatic carbocycles. The second kappa shape index (κ2) is 14.5. The van der Waals surface area contributed by atoms with Gasteiger partial charge in [0.2, 0.25) is 7.37 Å². The van der Waals surface area contributed by atoms with Crippen molar-refractivity contribution in [2.24, 2.45) is 0 Å². The summed E-state index contributed by atoms with van der Waals surface area (Å²) >= 11 is 0. The van der Waals surface area contributed by atoms with E-state index in [9.17, 15) is 28.8 Å². The maximum absolute atomic E-state index is 14.2. The number of rotatable bonds is 11. The lowest BCUT2D eigenvalue weighted by Gasteiger charge is -2.45. The van der Waals surface area contributed by atoms with Crippen LogP contribution in [-0.2, 0) is 34.6 Å². The lowest BCUT2D eigenvalue weighted by atomic mass is 9.99. The maximum Gasteiger partial charge on any atom is 0.419 e. The highest BCUT2D eigenvalue weighted by atomic mass is 31.2. The molecular formula is C31H48N3O10P. The van der Waals surface area contributed by atoms with Crippen molar-refractivity contribution in [1.82, 2.24) is 9.80 Å². The topological polar surface area (TPSA) is 152 Å². The molecule has 2 saturated heterocycles. The molecule has 3 rings (SSSR count). The van der Waals surface area contributed by atoms with Gasteiger partial charge in [0, 0.05) is 32.3 Å². The molecule has 0 aromatic heterocycles. The summed E-state index contributed by atoms with van der Waals surface area (Å²) in [4.78, 5) is 55.5. The van der Waals surface area contributed by atoms with E-state index in [2.05, 4.69) is 0 Å². The Morgan fingerprint density at radius 3 is 2.18 bits per heavy atom. The molecule has 2 aliphatic heterocycles. The Morgan fingerprint density at radius 2 is 1.64 bits per heavy atom. The minimum Gasteiger partial charge on any atom is -0.480 e. The molecule has 1 N–H and O–H groups in total. The molecule has 2 aliphatic rings. The zero-order valence-corrected chi connectivity index (χ0v) is 28.4. The summed E-state index contributed by atoms with van der Waals surface area (Å²) in [6.45, 7) is 13.1. The summed E-state index contributed by atoms with van der Waals surface area (Å²) in [5.41, 5.74) is -0.208. The summed E-state index contributed by atoms with van der Waals surface area (Å²) < 4.78 is 35.9. The monoisotopic (exact) mass is 653 g/mol. The zero-order chi connectivity index (χ0) is 33.6. The van der Waals surface area contributed by atoms with E-state index in [4.69, 9.17) is 18.7 Å². The van der Waals surface area contributed by atoms with Gasteiger partial charge in [0.25, 0.3) is 0 Å². The van der Waals surface area contributed by atoms with Gasteiger partial charge < -0.3 is 23.8 Å². The van der Waals surface area contributed by atoms with Gasteiger partial charge in [-0.05, 0) is 79.4 Å². The van der Waals surface area contributed by atoms with Crippen molar-refractivity contribution < 1.29 is 47.6 Å². The number of benzene rings is 1. The van der Waals surface area contributed by atoms with Crippen LogP contribution in [0.5, 0.6) is 0 Å². The molecule has 1 aromatic rings. The van der Waals surface area contributed by atoms with Gasteiger partial charge in [0.15, 0.2) is 5.16 Å². The van der Waals surface area contributed by atoms with Gasteiger partial charge in [-0.2, -0.15) is 0 Å². The predicted octanol–water partition coefficient (Wildman–Crippen LogP) is 5.94. The lowest BCUT2D eigenvalue weighted by Crippen LogP contribution is -2.54. The Balaban J connectivity index is 1.81. The molecule has 0 saturated carbocycles. The smallest absolute Gasteiger partial charge is 0.419 e. The number of cyclic esters (lactones) is 1. The standard InChI is InChI=1S/C31H48N3O10P/c1-8-42-45(40)20-18-32(21-23-13-9-10-14-24(23)33-17-19-41-26(33)37)22-31(45,25(35)36)15-11-12-16-34(27(38)43-29(2,3)4)28(39)44-30(5,6)7/h9-10,13-14H,8,11-12,15-22H2,1-7H3,(H,35,36). The second-order valence-corrected chi connectivity index (χ2v) is 16.2. The minimum atomic E-state index is -3.68. The number of carbonyl (C=O) groups excluding carboxylic acids is 3. The van der Waals surface area contributed by atoms with E-state index in [1.54, 1.807) is 53.4 Å². The molecule has 2 fully saturated rings. The number of anilines is 1. The molecule has 45 heavy (non-hydrogen) atoms. The molecule has 252 valence electrons. The Hall–Kier alpha value is -3.15. The van der Waals surface area contributed by atoms with Gasteiger partial charge in [-0.25, -0.2) is 19.3 Å². The number of carboxylic acids is 1. The molecule has 0 radical (unpaired) electrons. The van der Waals surface area contributed by atoms with Crippen molar-refractivity contribution >= 4 is 37.3 Å². The minimum absolute atomic E-state index is 0.00726. The fourth-order valence-electron chi connectivity index (χ4n) is 5.48. The van der Waals surface area contributed by atoms with E-state index in [0.29, 0.717) is 25.3 Å². The molecule has 2 atom stereocenters. The number of imide groups is 1. The van der Waals surface area contributed by atoms with E-state index in [1.165, 1.54) is 0 Å². The van der Waals surface area contributed by atoms with E-state index >= 15 is 0 Å². The number of amides is 3. The first-order valence-corrected chi connectivity index (χ1v) is 17.2. The number of nitrogens with zero attached hydrogens (tertiary/aromatic N) is 3. The maximum atomic E-state index is 14.2. The summed E-state index contributed by atoms with van der Waals surface area (Å²) in [6, 6.07) is 7.37. The van der Waals surface area contributed by atoms with Gasteiger partial charge >= 0.3 is 24.2 Å². The van der Waals surface area contributed by atoms with Crippen LogP contribution in [0, 0.1) is 0 Å². The highest BCUT2D eigenvalue weighted by molar-refractivity contribution is 7.62. The first-order valence-electron chi connectivity index (χ1n) is 15.4. The Morgan fingerprint density at radius 1 is 1.02 bits per heavy atom. The quantitative estimate of drug-likeness (QED) is 0.172. The molecule has 13 nitrogen and oxygen atoms in total. The van der Waals surface area contributed by atoms with Gasteiger partial charge in [-0.3, -0.25) is 19.2 Å². The fraction of sp³-hybridized carbons (Fsp3) is 0.677. The molecular weight excluding hydrogens is 605 g/mol. The third-order valence-corrected chi connectivity index (χ3v) is 10.8. The number of ether oxygens (including phenoxy) is 3. The third kappa shape index (κ3) is 9.20. The van der Waals surface area contributed by atoms with Gasteiger partial charge in [0.05, 0.1) is 18.8 Å². The van der Waals surface area contributed by atoms with Crippen LogP contribution >= 0.6 is 7.37 Å². The number of aliphatic carboxylic acids is 1. The van der Waals surface area contributed by atoms with Crippen LogP contribution in [0.4, 0.5) is 20.1 Å². The summed E-state index contributed by atoms with van der Waals surface area (Å²) in [5, 5.41) is 8.91. The van der Waals surface area contributed by atoms with Crippen LogP contribution in [0.1, 0.15) is 73.3 Å². The lowest BCUT2D eigenvalue weighted by molar-refractivity contribution is -0.141. The number of para-hydroxylation sites is 1. The molecule has 14 heteroatoms. The zero-order valence-electron chi connectivity index (χ0n) is 27.5. The van der Waals surface area contributed by atoms with E-state index < -0.39 is 48.0 Å². The highest BCUT2D eigenvalue weighted by Crippen LogP contribution is 2.63. The van der Waals surface area contributed by atoms with Crippen molar-refractivity contribution in [2.75, 3.05) is 50.5 Å². The molecule has 0 spiro atoms. The number of unbranched alkanes of at least 4 members (excludes halogenated alkanes) is 1. The first-order chi connectivity index (χ1) is 20.9. The SMILES string of the molecule is CCOP1(=O)CCN(Cc2ccccc2N2CCOC2=O)CC1(CCCCN(C(=O)OC(C)(C)C)C(=O)OC(C)(C)C)C(=O)O. The summed E-state index contributed by atoms with van der Waals surface area (Å²) in [7, 11) is -3.68. The van der Waals surface area contributed by atoms with E-state index in [0.717, 1.165) is 10.5 Å². The third-order valence-electron chi connectivity index (χ3n) is 7.47. The predicted molar refractivity (Wildman–Crippen MR) is 168 cm³/mol. The van der Waals surface area contributed by atoms with Gasteiger partial charge in [-0.1, -0.05) is 18.2 Å². The van der Waals surface area contributed by atoms with Crippen LogP contribution in [0.15, 0.2) is 24.3 Å². The van der Waals surface area contributed by atoms with Crippen molar-refractivity contribution in [2.45, 2.75) is 90.6 Å². The second-order valence-electron chi connectivity index (χ2n) is 13.3. The number of carbonyl (C=O) groups is 4. The summed E-state index contributed by atoms with van der Waals surface area (Å²) in [6.07, 6.45) is -1.68. The van der Waals surface area contributed by atoms with Crippen molar-refractivity contribution in [3.63, 3.8) is 0 Å². The Bertz CT molecular complexity index is 1260. The number of hydrogen-bond acceptors (Lipinski definition) is 10. The first kappa shape index (κ1) is 36.3. The van der Waals surface area contributed by atoms with Gasteiger partial charge in [0.1, 0.15) is 17.8 Å². The average Bonchev–Trinajstić information content (AvgIpc) is 3.34. The molecule has 3 amide bonds. The molecule has 0 bridgehead atoms. The van der Waals surface area contributed by atoms with Crippen LogP contribution in [0.3, 0.4) is 0 Å². The number of carboxylic acid groups (broad SMARTS) is 1. The largest absolute Gasteiger partial charge is 0.480 e. The summed E-state index contributed by atoms with van der Waals surface area (Å²) in [5.74, 6) is -1.23. The number of hydrogen-bond donors (Lipinski definition) is 1. The van der Waals surface area contributed by atoms with E-state index in [1.807, 2.05) is 29.2 Å². The van der Waals surface area contributed by atoms with Crippen LogP contribution in [0.2, 0.25) is 0 Å². The normalized spacial score (nSPS) is 22.6. The fourth-order valence-corrected chi connectivity index (χ4v) is 8.46. The average molecular weight is 654 g/mol. The van der Waals surface area contributed by atoms with Crippen LogP contribution in [-0.4, -0.2) is 101 Å². The van der Waals surface area contributed by atoms with Crippen molar-refractivity contribution in [3.05, 3.63) is 29.8 Å². The van der Waals surface area contributed by atoms with Crippen LogP contribution in [0.25, 0.3) is 0 Å². The Labute approximate surface area is 265 Å². The Kier molecular flexibility index (Phi) is 11.7. The van der Waals surface area contributed by atoms with E-state index in [-0.39, 0.29) is 51.7 Å². The molecule has 1 aromatic carbocycles. The van der Waals surface area contributed by atoms with Crippen LogP contribution < -0.4 is 4.90 Å². The van der Waals surface area contributed by atoms with Crippen molar-refractivity contribution in [1.29, 1.82) is 0 Å². The molecule has 2 heterocycles.